The number of benzene rings is 1. The van der Waals surface area contributed by atoms with Gasteiger partial charge in [0.15, 0.2) is 0 Å². The van der Waals surface area contributed by atoms with E-state index in [0.717, 1.165) is 0 Å². The molecule has 0 aliphatic heterocycles. The molecule has 104 valence electrons. The zero-order valence-corrected chi connectivity index (χ0v) is 13.0. The molecule has 4 nitrogen and oxygen atoms in total. The van der Waals surface area contributed by atoms with Gasteiger partial charge in [-0.05, 0) is 25.0 Å². The van der Waals surface area contributed by atoms with Gasteiger partial charge in [0.2, 0.25) is 5.91 Å². The minimum Gasteiger partial charge on any atom is -0.352 e. The van der Waals surface area contributed by atoms with Crippen LogP contribution in [0.25, 0.3) is 0 Å². The van der Waals surface area contributed by atoms with Crippen molar-refractivity contribution in [3.8, 4) is 0 Å². The number of anilines is 1. The van der Waals surface area contributed by atoms with Gasteiger partial charge in [0.05, 0.1) is 16.1 Å². The lowest BCUT2D eigenvalue weighted by molar-refractivity contribution is -0.115. The number of nitrogens with one attached hydrogen (secondary N) is 2. The maximum Gasteiger partial charge on any atom is 0.253 e. The quantitative estimate of drug-likeness (QED) is 0.817. The summed E-state index contributed by atoms with van der Waals surface area (Å²) < 4.78 is 0. The fourth-order valence-electron chi connectivity index (χ4n) is 1.41. The number of rotatable bonds is 5. The first kappa shape index (κ1) is 15.7. The van der Waals surface area contributed by atoms with Crippen molar-refractivity contribution < 1.29 is 9.59 Å². The number of carbonyl (C=O) groups is 2. The number of para-hydroxylation sites is 1. The summed E-state index contributed by atoms with van der Waals surface area (Å²) in [5.41, 5.74) is 1.00. The van der Waals surface area contributed by atoms with Gasteiger partial charge >= 0.3 is 0 Å². The molecular formula is C14H19BrN2O2. The first-order chi connectivity index (χ1) is 8.91. The number of halogens is 1. The fourth-order valence-corrected chi connectivity index (χ4v) is 1.53. The fraction of sp³-hybridized carbons (Fsp3) is 0.429. The van der Waals surface area contributed by atoms with Crippen LogP contribution in [0, 0.1) is 5.92 Å². The average molecular weight is 327 g/mol. The molecule has 0 aliphatic carbocycles. The van der Waals surface area contributed by atoms with E-state index in [9.17, 15) is 9.59 Å². The third-order valence-electron chi connectivity index (χ3n) is 2.46. The molecule has 2 amide bonds. The first-order valence-electron chi connectivity index (χ1n) is 6.24. The Bertz CT molecular complexity index is 459. The van der Waals surface area contributed by atoms with Crippen molar-refractivity contribution in [2.75, 3.05) is 11.9 Å². The van der Waals surface area contributed by atoms with Crippen LogP contribution in [0.2, 0.25) is 0 Å². The summed E-state index contributed by atoms with van der Waals surface area (Å²) in [6.45, 7) is 6.40. The Hall–Kier alpha value is -1.36. The SMILES string of the molecule is CC(C)CNC(=O)c1ccccc1NC(=O)C(C)Br. The van der Waals surface area contributed by atoms with Gasteiger partial charge in [-0.25, -0.2) is 0 Å². The molecule has 0 saturated carbocycles. The monoisotopic (exact) mass is 326 g/mol. The Labute approximate surface area is 122 Å². The molecule has 19 heavy (non-hydrogen) atoms. The summed E-state index contributed by atoms with van der Waals surface area (Å²) >= 11 is 3.20. The van der Waals surface area contributed by atoms with Crippen LogP contribution in [0.1, 0.15) is 31.1 Å². The maximum absolute atomic E-state index is 12.0. The van der Waals surface area contributed by atoms with Crippen LogP contribution >= 0.6 is 15.9 Å². The molecular weight excluding hydrogens is 308 g/mol. The van der Waals surface area contributed by atoms with Crippen LogP contribution in [0.15, 0.2) is 24.3 Å². The van der Waals surface area contributed by atoms with E-state index in [1.807, 2.05) is 13.8 Å². The van der Waals surface area contributed by atoms with Gasteiger partial charge in [-0.2, -0.15) is 0 Å². The largest absolute Gasteiger partial charge is 0.352 e. The van der Waals surface area contributed by atoms with E-state index in [-0.39, 0.29) is 16.6 Å². The highest BCUT2D eigenvalue weighted by Gasteiger charge is 2.15. The van der Waals surface area contributed by atoms with Gasteiger partial charge in [-0.1, -0.05) is 41.9 Å². The molecule has 0 fully saturated rings. The summed E-state index contributed by atoms with van der Waals surface area (Å²) in [6.07, 6.45) is 0. The van der Waals surface area contributed by atoms with Crippen molar-refractivity contribution >= 4 is 33.4 Å². The zero-order chi connectivity index (χ0) is 14.4. The Morgan fingerprint density at radius 2 is 1.84 bits per heavy atom. The van der Waals surface area contributed by atoms with Crippen molar-refractivity contribution in [1.82, 2.24) is 5.32 Å². The highest BCUT2D eigenvalue weighted by atomic mass is 79.9. The van der Waals surface area contributed by atoms with Gasteiger partial charge in [0, 0.05) is 6.54 Å². The van der Waals surface area contributed by atoms with E-state index in [0.29, 0.717) is 23.7 Å². The highest BCUT2D eigenvalue weighted by molar-refractivity contribution is 9.10. The highest BCUT2D eigenvalue weighted by Crippen LogP contribution is 2.16. The van der Waals surface area contributed by atoms with E-state index < -0.39 is 0 Å². The topological polar surface area (TPSA) is 58.2 Å². The van der Waals surface area contributed by atoms with E-state index in [1.165, 1.54) is 0 Å². The number of carbonyl (C=O) groups excluding carboxylic acids is 2. The predicted molar refractivity (Wildman–Crippen MR) is 80.6 cm³/mol. The van der Waals surface area contributed by atoms with Crippen LogP contribution in [-0.2, 0) is 4.79 Å². The molecule has 0 radical (unpaired) electrons. The molecule has 0 aromatic heterocycles. The van der Waals surface area contributed by atoms with Gasteiger partial charge in [-0.3, -0.25) is 9.59 Å². The summed E-state index contributed by atoms with van der Waals surface area (Å²) in [7, 11) is 0. The lowest BCUT2D eigenvalue weighted by Gasteiger charge is -2.13. The molecule has 1 aromatic carbocycles. The van der Waals surface area contributed by atoms with Crippen molar-refractivity contribution in [1.29, 1.82) is 0 Å². The molecule has 0 spiro atoms. The summed E-state index contributed by atoms with van der Waals surface area (Å²) in [6, 6.07) is 6.98. The molecule has 2 N–H and O–H groups in total. The molecule has 0 heterocycles. The Kier molecular flexibility index (Phi) is 6.02. The van der Waals surface area contributed by atoms with Crippen LogP contribution in [0.3, 0.4) is 0 Å². The summed E-state index contributed by atoms with van der Waals surface area (Å²) in [5.74, 6) is 0.0317. The van der Waals surface area contributed by atoms with Gasteiger partial charge < -0.3 is 10.6 Å². The summed E-state index contributed by atoms with van der Waals surface area (Å²) in [4.78, 5) is 23.4. The minimum absolute atomic E-state index is 0.174. The van der Waals surface area contributed by atoms with Gasteiger partial charge in [-0.15, -0.1) is 0 Å². The molecule has 0 aliphatic rings. The van der Waals surface area contributed by atoms with Crippen molar-refractivity contribution in [3.63, 3.8) is 0 Å². The molecule has 0 saturated heterocycles. The Balaban J connectivity index is 2.83. The average Bonchev–Trinajstić information content (AvgIpc) is 2.36. The third-order valence-corrected chi connectivity index (χ3v) is 2.88. The Morgan fingerprint density at radius 3 is 2.42 bits per heavy atom. The smallest absolute Gasteiger partial charge is 0.253 e. The van der Waals surface area contributed by atoms with Gasteiger partial charge in [0.25, 0.3) is 5.91 Å². The normalized spacial score (nSPS) is 12.1. The molecule has 5 heteroatoms. The number of hydrogen-bond donors (Lipinski definition) is 2. The second-order valence-corrected chi connectivity index (χ2v) is 6.13. The predicted octanol–water partition coefficient (Wildman–Crippen LogP) is 2.79. The lowest BCUT2D eigenvalue weighted by Crippen LogP contribution is -2.29. The number of alkyl halides is 1. The van der Waals surface area contributed by atoms with Crippen molar-refractivity contribution in [2.24, 2.45) is 5.92 Å². The van der Waals surface area contributed by atoms with E-state index in [4.69, 9.17) is 0 Å². The van der Waals surface area contributed by atoms with Crippen molar-refractivity contribution in [2.45, 2.75) is 25.6 Å². The molecule has 0 bridgehead atoms. The van der Waals surface area contributed by atoms with Crippen LogP contribution in [0.4, 0.5) is 5.69 Å². The van der Waals surface area contributed by atoms with E-state index in [1.54, 1.807) is 31.2 Å². The number of amides is 2. The maximum atomic E-state index is 12.0. The number of hydrogen-bond acceptors (Lipinski definition) is 2. The molecule has 1 unspecified atom stereocenters. The second-order valence-electron chi connectivity index (χ2n) is 4.75. The van der Waals surface area contributed by atoms with E-state index >= 15 is 0 Å². The third kappa shape index (κ3) is 5.03. The van der Waals surface area contributed by atoms with E-state index in [2.05, 4.69) is 26.6 Å². The molecule has 1 aromatic rings. The molecule has 1 atom stereocenters. The van der Waals surface area contributed by atoms with Gasteiger partial charge in [0.1, 0.15) is 0 Å². The first-order valence-corrected chi connectivity index (χ1v) is 7.15. The summed E-state index contributed by atoms with van der Waals surface area (Å²) in [5, 5.41) is 5.57. The standard InChI is InChI=1S/C14H19BrN2O2/c1-9(2)8-16-14(19)11-6-4-5-7-12(11)17-13(18)10(3)15/h4-7,9-10H,8H2,1-3H3,(H,16,19)(H,17,18). The minimum atomic E-state index is -0.306. The van der Waals surface area contributed by atoms with Crippen LogP contribution in [-0.4, -0.2) is 23.2 Å². The lowest BCUT2D eigenvalue weighted by atomic mass is 10.1. The second kappa shape index (κ2) is 7.28. The molecule has 1 rings (SSSR count). The Morgan fingerprint density at radius 1 is 1.21 bits per heavy atom. The van der Waals surface area contributed by atoms with Crippen molar-refractivity contribution in [3.05, 3.63) is 29.8 Å². The van der Waals surface area contributed by atoms with Crippen LogP contribution in [0.5, 0.6) is 0 Å². The van der Waals surface area contributed by atoms with Crippen LogP contribution < -0.4 is 10.6 Å². The zero-order valence-electron chi connectivity index (χ0n) is 11.4.